The molecule has 0 radical (unpaired) electrons. The molecule has 0 aliphatic rings. The van der Waals surface area contributed by atoms with Crippen LogP contribution in [-0.4, -0.2) is 15.1 Å². The first-order chi connectivity index (χ1) is 9.10. The maximum Gasteiger partial charge on any atom is 0.272 e. The minimum absolute atomic E-state index is 0.0723. The molecular weight excluding hydrogens is 247 g/mol. The largest absolute Gasteiger partial charge is 0.508 e. The van der Waals surface area contributed by atoms with Crippen molar-refractivity contribution in [2.45, 2.75) is 25.9 Å². The lowest BCUT2D eigenvalue weighted by Crippen LogP contribution is -2.18. The second kappa shape index (κ2) is 5.65. The van der Waals surface area contributed by atoms with Gasteiger partial charge in [-0.25, -0.2) is 4.39 Å². The summed E-state index contributed by atoms with van der Waals surface area (Å²) in [5.41, 5.74) is 0.987. The van der Waals surface area contributed by atoms with E-state index in [4.69, 9.17) is 0 Å². The van der Waals surface area contributed by atoms with Crippen molar-refractivity contribution < 1.29 is 9.50 Å². The number of rotatable bonds is 4. The standard InChI is InChI=1S/C14H15FN2O2/c1-2-12(15)13-14(19)17-10(8-16-13)7-9-3-5-11(18)6-4-9/h3-6,8,12,18H,2,7H2,1H3,(H,17,19)/t12-/m1/s1. The lowest BCUT2D eigenvalue weighted by atomic mass is 10.1. The third kappa shape index (κ3) is 3.19. The van der Waals surface area contributed by atoms with E-state index in [-0.39, 0.29) is 17.9 Å². The van der Waals surface area contributed by atoms with Crippen molar-refractivity contribution in [3.05, 3.63) is 57.8 Å². The fraction of sp³-hybridized carbons (Fsp3) is 0.286. The minimum atomic E-state index is -1.33. The first-order valence-electron chi connectivity index (χ1n) is 6.10. The maximum atomic E-state index is 13.4. The Morgan fingerprint density at radius 2 is 2.05 bits per heavy atom. The Bertz CT molecular complexity index is 608. The van der Waals surface area contributed by atoms with Gasteiger partial charge in [0.05, 0.1) is 0 Å². The summed E-state index contributed by atoms with van der Waals surface area (Å²) in [5, 5.41) is 9.18. The average molecular weight is 262 g/mol. The van der Waals surface area contributed by atoms with Gasteiger partial charge in [0.2, 0.25) is 0 Å². The molecule has 0 bridgehead atoms. The predicted molar refractivity (Wildman–Crippen MR) is 69.9 cm³/mol. The molecule has 5 heteroatoms. The van der Waals surface area contributed by atoms with Crippen molar-refractivity contribution in [2.24, 2.45) is 0 Å². The minimum Gasteiger partial charge on any atom is -0.508 e. The van der Waals surface area contributed by atoms with Gasteiger partial charge in [-0.05, 0) is 24.1 Å². The summed E-state index contributed by atoms with van der Waals surface area (Å²) in [6, 6.07) is 6.66. The summed E-state index contributed by atoms with van der Waals surface area (Å²) in [6.07, 6.45) is 0.858. The smallest absolute Gasteiger partial charge is 0.272 e. The molecule has 100 valence electrons. The predicted octanol–water partition coefficient (Wildman–Crippen LogP) is 2.49. The third-order valence-corrected chi connectivity index (χ3v) is 2.85. The molecule has 2 rings (SSSR count). The van der Waals surface area contributed by atoms with Crippen molar-refractivity contribution in [1.29, 1.82) is 0 Å². The number of halogens is 1. The van der Waals surface area contributed by atoms with Gasteiger partial charge in [-0.1, -0.05) is 19.1 Å². The number of aromatic amines is 1. The van der Waals surface area contributed by atoms with Crippen LogP contribution in [0.5, 0.6) is 5.75 Å². The molecule has 1 atom stereocenters. The van der Waals surface area contributed by atoms with Crippen LogP contribution < -0.4 is 5.56 Å². The topological polar surface area (TPSA) is 66.0 Å². The summed E-state index contributed by atoms with van der Waals surface area (Å²) in [7, 11) is 0. The third-order valence-electron chi connectivity index (χ3n) is 2.85. The zero-order chi connectivity index (χ0) is 13.8. The van der Waals surface area contributed by atoms with E-state index in [1.807, 2.05) is 0 Å². The fourth-order valence-electron chi connectivity index (χ4n) is 1.79. The number of phenols is 1. The Hall–Kier alpha value is -2.17. The van der Waals surface area contributed by atoms with Gasteiger partial charge < -0.3 is 10.1 Å². The molecule has 0 unspecified atom stereocenters. The van der Waals surface area contributed by atoms with Gasteiger partial charge in [0.15, 0.2) is 0 Å². The molecule has 2 N–H and O–H groups in total. The fourth-order valence-corrected chi connectivity index (χ4v) is 1.79. The van der Waals surface area contributed by atoms with Gasteiger partial charge >= 0.3 is 0 Å². The molecule has 19 heavy (non-hydrogen) atoms. The van der Waals surface area contributed by atoms with Crippen molar-refractivity contribution in [3.8, 4) is 5.75 Å². The van der Waals surface area contributed by atoms with Gasteiger partial charge in [0.1, 0.15) is 17.6 Å². The van der Waals surface area contributed by atoms with E-state index >= 15 is 0 Å². The molecule has 4 nitrogen and oxygen atoms in total. The van der Waals surface area contributed by atoms with Crippen LogP contribution in [0.3, 0.4) is 0 Å². The molecule has 0 aliphatic carbocycles. The Morgan fingerprint density at radius 1 is 1.37 bits per heavy atom. The second-order valence-corrected chi connectivity index (χ2v) is 4.34. The van der Waals surface area contributed by atoms with Gasteiger partial charge in [-0.3, -0.25) is 9.78 Å². The van der Waals surface area contributed by atoms with Crippen LogP contribution in [0, 0.1) is 0 Å². The van der Waals surface area contributed by atoms with E-state index < -0.39 is 11.7 Å². The molecular formula is C14H15FN2O2. The van der Waals surface area contributed by atoms with Crippen molar-refractivity contribution in [1.82, 2.24) is 9.97 Å². The number of alkyl halides is 1. The van der Waals surface area contributed by atoms with Gasteiger partial charge in [-0.2, -0.15) is 0 Å². The van der Waals surface area contributed by atoms with Crippen LogP contribution in [0.1, 0.15) is 36.5 Å². The quantitative estimate of drug-likeness (QED) is 0.889. The number of benzene rings is 1. The summed E-state index contributed by atoms with van der Waals surface area (Å²) < 4.78 is 13.4. The highest BCUT2D eigenvalue weighted by Gasteiger charge is 2.13. The van der Waals surface area contributed by atoms with Crippen LogP contribution in [0.15, 0.2) is 35.3 Å². The molecule has 0 saturated heterocycles. The summed E-state index contributed by atoms with van der Waals surface area (Å²) >= 11 is 0. The lowest BCUT2D eigenvalue weighted by Gasteiger charge is -2.06. The normalized spacial score (nSPS) is 12.3. The van der Waals surface area contributed by atoms with Crippen molar-refractivity contribution >= 4 is 0 Å². The number of aromatic nitrogens is 2. The highest BCUT2D eigenvalue weighted by molar-refractivity contribution is 5.28. The van der Waals surface area contributed by atoms with Crippen LogP contribution in [0.4, 0.5) is 4.39 Å². The molecule has 2 aromatic rings. The molecule has 1 heterocycles. The summed E-state index contributed by atoms with van der Waals surface area (Å²) in [6.45, 7) is 1.66. The Balaban J connectivity index is 2.21. The van der Waals surface area contributed by atoms with Crippen LogP contribution in [0.25, 0.3) is 0 Å². The second-order valence-electron chi connectivity index (χ2n) is 4.34. The van der Waals surface area contributed by atoms with Crippen molar-refractivity contribution in [3.63, 3.8) is 0 Å². The van der Waals surface area contributed by atoms with Gasteiger partial charge in [0, 0.05) is 18.3 Å². The van der Waals surface area contributed by atoms with E-state index in [0.29, 0.717) is 12.1 Å². The maximum absolute atomic E-state index is 13.4. The molecule has 0 aliphatic heterocycles. The summed E-state index contributed by atoms with van der Waals surface area (Å²) in [4.78, 5) is 18.2. The molecule has 0 fully saturated rings. The van der Waals surface area contributed by atoms with Crippen molar-refractivity contribution in [2.75, 3.05) is 0 Å². The number of nitrogens with one attached hydrogen (secondary N) is 1. The number of aromatic hydroxyl groups is 1. The van der Waals surface area contributed by atoms with E-state index in [1.54, 1.807) is 31.2 Å². The average Bonchev–Trinajstić information content (AvgIpc) is 2.41. The molecule has 0 amide bonds. The number of phenolic OH excluding ortho intramolecular Hbond substituents is 1. The Morgan fingerprint density at radius 3 is 2.63 bits per heavy atom. The van der Waals surface area contributed by atoms with Crippen LogP contribution >= 0.6 is 0 Å². The molecule has 1 aromatic heterocycles. The van der Waals surface area contributed by atoms with Gasteiger partial charge in [-0.15, -0.1) is 0 Å². The first kappa shape index (κ1) is 13.3. The van der Waals surface area contributed by atoms with E-state index in [9.17, 15) is 14.3 Å². The Kier molecular flexibility index (Phi) is 3.94. The van der Waals surface area contributed by atoms with E-state index in [1.165, 1.54) is 6.20 Å². The SMILES string of the molecule is CC[C@@H](F)c1ncc(Cc2ccc(O)cc2)[nH]c1=O. The number of nitrogens with zero attached hydrogens (tertiary/aromatic N) is 1. The van der Waals surface area contributed by atoms with E-state index in [2.05, 4.69) is 9.97 Å². The molecule has 1 aromatic carbocycles. The Labute approximate surface area is 110 Å². The molecule has 0 spiro atoms. The van der Waals surface area contributed by atoms with Crippen LogP contribution in [0.2, 0.25) is 0 Å². The van der Waals surface area contributed by atoms with Crippen LogP contribution in [-0.2, 0) is 6.42 Å². The highest BCUT2D eigenvalue weighted by Crippen LogP contribution is 2.15. The van der Waals surface area contributed by atoms with E-state index in [0.717, 1.165) is 5.56 Å². The lowest BCUT2D eigenvalue weighted by molar-refractivity contribution is 0.323. The first-order valence-corrected chi connectivity index (χ1v) is 6.10. The zero-order valence-electron chi connectivity index (χ0n) is 10.6. The van der Waals surface area contributed by atoms with Gasteiger partial charge in [0.25, 0.3) is 5.56 Å². The monoisotopic (exact) mass is 262 g/mol. The summed E-state index contributed by atoms with van der Waals surface area (Å²) in [5.74, 6) is 0.189. The highest BCUT2D eigenvalue weighted by atomic mass is 19.1. The number of H-pyrrole nitrogens is 1. The number of hydrogen-bond acceptors (Lipinski definition) is 3. The zero-order valence-corrected chi connectivity index (χ0v) is 10.6. The molecule has 0 saturated carbocycles. The number of hydrogen-bond donors (Lipinski definition) is 2.